The van der Waals surface area contributed by atoms with Crippen molar-refractivity contribution in [1.82, 2.24) is 0 Å². The van der Waals surface area contributed by atoms with Gasteiger partial charge in [0.05, 0.1) is 6.04 Å². The smallest absolute Gasteiger partial charge is 0.0809 e. The molecular formula is C11H13N. The summed E-state index contributed by atoms with van der Waals surface area (Å²) >= 11 is 0. The third-order valence-electron chi connectivity index (χ3n) is 2.66. The van der Waals surface area contributed by atoms with Crippen molar-refractivity contribution in [1.29, 1.82) is 0 Å². The quantitative estimate of drug-likeness (QED) is 0.515. The number of fused-ring (bicyclic) bond motifs is 1. The lowest BCUT2D eigenvalue weighted by molar-refractivity contribution is 0.642. The summed E-state index contributed by atoms with van der Waals surface area (Å²) in [6.45, 7) is 4.32. The van der Waals surface area contributed by atoms with Crippen LogP contribution in [0.2, 0.25) is 0 Å². The first-order valence-electron chi connectivity index (χ1n) is 4.34. The Morgan fingerprint density at radius 2 is 2.08 bits per heavy atom. The summed E-state index contributed by atoms with van der Waals surface area (Å²) in [5, 5.41) is 0. The topological polar surface area (TPSA) is 12.4 Å². The van der Waals surface area contributed by atoms with Gasteiger partial charge < -0.3 is 0 Å². The van der Waals surface area contributed by atoms with Crippen LogP contribution in [0.5, 0.6) is 0 Å². The van der Waals surface area contributed by atoms with Crippen LogP contribution < -0.4 is 0 Å². The number of rotatable bonds is 0. The van der Waals surface area contributed by atoms with Crippen molar-refractivity contribution < 1.29 is 0 Å². The number of aliphatic imine (C=N–C) groups is 1. The second-order valence-corrected chi connectivity index (χ2v) is 3.43. The molecule has 2 atom stereocenters. The monoisotopic (exact) mass is 159 g/mol. The first-order valence-corrected chi connectivity index (χ1v) is 4.34. The molecule has 1 heterocycles. The van der Waals surface area contributed by atoms with E-state index in [1.807, 2.05) is 12.3 Å². The normalized spacial score (nSPS) is 32.5. The molecule has 0 saturated heterocycles. The maximum absolute atomic E-state index is 4.46. The van der Waals surface area contributed by atoms with Gasteiger partial charge >= 0.3 is 0 Å². The Hall–Kier alpha value is -1.11. The van der Waals surface area contributed by atoms with E-state index in [4.69, 9.17) is 0 Å². The van der Waals surface area contributed by atoms with Crippen LogP contribution in [0.1, 0.15) is 13.8 Å². The number of hydrogen-bond donors (Lipinski definition) is 0. The highest BCUT2D eigenvalue weighted by atomic mass is 14.8. The van der Waals surface area contributed by atoms with Crippen molar-refractivity contribution in [3.63, 3.8) is 0 Å². The van der Waals surface area contributed by atoms with Crippen molar-refractivity contribution in [3.05, 3.63) is 35.5 Å². The Labute approximate surface area is 73.2 Å². The van der Waals surface area contributed by atoms with Crippen molar-refractivity contribution >= 4 is 6.21 Å². The number of allylic oxidation sites excluding steroid dienone is 3. The van der Waals surface area contributed by atoms with Crippen molar-refractivity contribution in [3.8, 4) is 0 Å². The van der Waals surface area contributed by atoms with E-state index in [2.05, 4.69) is 37.1 Å². The largest absolute Gasteiger partial charge is 0.284 e. The summed E-state index contributed by atoms with van der Waals surface area (Å²) < 4.78 is 0. The summed E-state index contributed by atoms with van der Waals surface area (Å²) in [4.78, 5) is 4.46. The van der Waals surface area contributed by atoms with Crippen molar-refractivity contribution in [2.75, 3.05) is 0 Å². The fourth-order valence-corrected chi connectivity index (χ4v) is 1.72. The highest BCUT2D eigenvalue weighted by Gasteiger charge is 2.22. The first-order chi connectivity index (χ1) is 5.79. The molecule has 1 heteroatoms. The van der Waals surface area contributed by atoms with Gasteiger partial charge in [0, 0.05) is 12.1 Å². The van der Waals surface area contributed by atoms with E-state index in [-0.39, 0.29) is 0 Å². The van der Waals surface area contributed by atoms with E-state index in [0.717, 1.165) is 0 Å². The molecule has 0 amide bonds. The second-order valence-electron chi connectivity index (χ2n) is 3.43. The third kappa shape index (κ3) is 1.06. The average molecular weight is 159 g/mol. The minimum Gasteiger partial charge on any atom is -0.284 e. The van der Waals surface area contributed by atoms with Gasteiger partial charge in [0.15, 0.2) is 0 Å². The molecule has 62 valence electrons. The summed E-state index contributed by atoms with van der Waals surface area (Å²) in [5.74, 6) is 0.499. The predicted molar refractivity (Wildman–Crippen MR) is 52.4 cm³/mol. The minimum absolute atomic E-state index is 0.375. The Morgan fingerprint density at radius 1 is 1.25 bits per heavy atom. The molecule has 12 heavy (non-hydrogen) atoms. The standard InChI is InChI=1S/C11H13N/c1-8-5-6-10-4-3-7-12-11(10)9(8)2/h3-7,10-11H,1-2H3. The Kier molecular flexibility index (Phi) is 1.72. The molecule has 0 spiro atoms. The molecule has 0 aromatic rings. The Bertz CT molecular complexity index is 305. The van der Waals surface area contributed by atoms with Crippen LogP contribution in [-0.2, 0) is 0 Å². The Morgan fingerprint density at radius 3 is 2.92 bits per heavy atom. The molecular weight excluding hydrogens is 146 g/mol. The molecule has 0 N–H and O–H groups in total. The lowest BCUT2D eigenvalue weighted by Crippen LogP contribution is -2.22. The van der Waals surface area contributed by atoms with Crippen LogP contribution in [0, 0.1) is 5.92 Å². The van der Waals surface area contributed by atoms with Crippen LogP contribution in [0.25, 0.3) is 0 Å². The highest BCUT2D eigenvalue weighted by molar-refractivity contribution is 5.73. The number of nitrogens with zero attached hydrogens (tertiary/aromatic N) is 1. The van der Waals surface area contributed by atoms with Crippen LogP contribution >= 0.6 is 0 Å². The fraction of sp³-hybridized carbons (Fsp3) is 0.364. The highest BCUT2D eigenvalue weighted by Crippen LogP contribution is 2.28. The van der Waals surface area contributed by atoms with E-state index < -0.39 is 0 Å². The maximum atomic E-state index is 4.46. The number of dihydropyridines is 1. The molecule has 2 aliphatic rings. The first kappa shape index (κ1) is 7.53. The fourth-order valence-electron chi connectivity index (χ4n) is 1.72. The summed E-state index contributed by atoms with van der Waals surface area (Å²) in [7, 11) is 0. The second kappa shape index (κ2) is 2.74. The van der Waals surface area contributed by atoms with Gasteiger partial charge in [0.25, 0.3) is 0 Å². The zero-order valence-corrected chi connectivity index (χ0v) is 7.49. The summed E-state index contributed by atoms with van der Waals surface area (Å²) in [6, 6.07) is 0.375. The third-order valence-corrected chi connectivity index (χ3v) is 2.66. The van der Waals surface area contributed by atoms with Crippen LogP contribution in [0.3, 0.4) is 0 Å². The molecule has 1 aliphatic carbocycles. The van der Waals surface area contributed by atoms with Gasteiger partial charge in [-0.05, 0) is 25.5 Å². The molecule has 1 aliphatic heterocycles. The lowest BCUT2D eigenvalue weighted by atomic mass is 9.85. The molecule has 0 radical (unpaired) electrons. The molecule has 2 unspecified atom stereocenters. The predicted octanol–water partition coefficient (Wildman–Crippen LogP) is 2.52. The Balaban J connectivity index is 2.38. The van der Waals surface area contributed by atoms with Gasteiger partial charge in [-0.3, -0.25) is 4.99 Å². The molecule has 1 nitrogen and oxygen atoms in total. The molecule has 0 saturated carbocycles. The van der Waals surface area contributed by atoms with E-state index in [9.17, 15) is 0 Å². The minimum atomic E-state index is 0.375. The zero-order valence-electron chi connectivity index (χ0n) is 7.49. The van der Waals surface area contributed by atoms with Crippen LogP contribution in [-0.4, -0.2) is 12.3 Å². The van der Waals surface area contributed by atoms with Crippen LogP contribution in [0.15, 0.2) is 40.4 Å². The van der Waals surface area contributed by atoms with Crippen molar-refractivity contribution in [2.24, 2.45) is 10.9 Å². The van der Waals surface area contributed by atoms with Crippen LogP contribution in [0.4, 0.5) is 0 Å². The summed E-state index contributed by atoms with van der Waals surface area (Å²) in [5.41, 5.74) is 2.77. The lowest BCUT2D eigenvalue weighted by Gasteiger charge is -2.26. The molecule has 0 aromatic carbocycles. The van der Waals surface area contributed by atoms with Gasteiger partial charge in [-0.2, -0.15) is 0 Å². The molecule has 0 aromatic heterocycles. The van der Waals surface area contributed by atoms with Gasteiger partial charge in [0.1, 0.15) is 0 Å². The van der Waals surface area contributed by atoms with E-state index in [0.29, 0.717) is 12.0 Å². The van der Waals surface area contributed by atoms with Crippen molar-refractivity contribution in [2.45, 2.75) is 19.9 Å². The van der Waals surface area contributed by atoms with E-state index in [1.165, 1.54) is 11.1 Å². The maximum Gasteiger partial charge on any atom is 0.0809 e. The molecule has 2 rings (SSSR count). The van der Waals surface area contributed by atoms with E-state index in [1.54, 1.807) is 0 Å². The molecule has 0 fully saturated rings. The average Bonchev–Trinajstić information content (AvgIpc) is 2.12. The zero-order chi connectivity index (χ0) is 8.55. The SMILES string of the molecule is CC1=C(C)C2N=CC=CC2C=C1. The van der Waals surface area contributed by atoms with Gasteiger partial charge in [0.2, 0.25) is 0 Å². The summed E-state index contributed by atoms with van der Waals surface area (Å²) in [6.07, 6.45) is 10.6. The van der Waals surface area contributed by atoms with Gasteiger partial charge in [-0.15, -0.1) is 0 Å². The van der Waals surface area contributed by atoms with Gasteiger partial charge in [-0.1, -0.05) is 23.8 Å². The van der Waals surface area contributed by atoms with E-state index >= 15 is 0 Å². The molecule has 0 bridgehead atoms. The number of hydrogen-bond acceptors (Lipinski definition) is 1. The van der Waals surface area contributed by atoms with Gasteiger partial charge in [-0.25, -0.2) is 0 Å².